The fraction of sp³-hybridized carbons (Fsp3) is 1.00. The quantitative estimate of drug-likeness (QED) is 0.637. The van der Waals surface area contributed by atoms with Crippen molar-refractivity contribution < 1.29 is 14.6 Å². The zero-order chi connectivity index (χ0) is 9.60. The zero-order valence-corrected chi connectivity index (χ0v) is 8.45. The van der Waals surface area contributed by atoms with Gasteiger partial charge < -0.3 is 14.6 Å². The van der Waals surface area contributed by atoms with Crippen LogP contribution in [0.25, 0.3) is 0 Å². The maximum atomic E-state index is 10.0. The highest BCUT2D eigenvalue weighted by molar-refractivity contribution is 4.99. The summed E-state index contributed by atoms with van der Waals surface area (Å²) in [5.74, 6) is 0.487. The molecule has 3 atom stereocenters. The van der Waals surface area contributed by atoms with E-state index in [1.54, 1.807) is 0 Å². The molecule has 1 saturated heterocycles. The van der Waals surface area contributed by atoms with E-state index in [-0.39, 0.29) is 12.0 Å². The van der Waals surface area contributed by atoms with Crippen LogP contribution in [0.1, 0.15) is 32.1 Å². The van der Waals surface area contributed by atoms with Crippen LogP contribution in [0.5, 0.6) is 0 Å². The van der Waals surface area contributed by atoms with Gasteiger partial charge in [-0.25, -0.2) is 0 Å². The third-order valence-electron chi connectivity index (χ3n) is 4.14. The molecule has 0 aromatic carbocycles. The number of ether oxygens (including phenoxy) is 2. The van der Waals surface area contributed by atoms with Crippen molar-refractivity contribution in [1.29, 1.82) is 0 Å². The van der Waals surface area contributed by atoms with Crippen molar-refractivity contribution in [1.82, 2.24) is 0 Å². The molecule has 1 N–H and O–H groups in total. The molecular formula is C11H18O3. The van der Waals surface area contributed by atoms with E-state index in [0.29, 0.717) is 19.1 Å². The van der Waals surface area contributed by atoms with Crippen LogP contribution in [0.4, 0.5) is 0 Å². The van der Waals surface area contributed by atoms with Gasteiger partial charge in [0.25, 0.3) is 0 Å². The van der Waals surface area contributed by atoms with Gasteiger partial charge in [0.2, 0.25) is 0 Å². The predicted molar refractivity (Wildman–Crippen MR) is 50.7 cm³/mol. The van der Waals surface area contributed by atoms with Gasteiger partial charge in [0.1, 0.15) is 0 Å². The molecule has 3 nitrogen and oxygen atoms in total. The van der Waals surface area contributed by atoms with Gasteiger partial charge in [-0.15, -0.1) is 0 Å². The fourth-order valence-corrected chi connectivity index (χ4v) is 3.60. The second-order valence-corrected chi connectivity index (χ2v) is 4.83. The lowest BCUT2D eigenvalue weighted by atomic mass is 9.77. The highest BCUT2D eigenvalue weighted by atomic mass is 16.7. The van der Waals surface area contributed by atoms with Gasteiger partial charge in [-0.2, -0.15) is 0 Å². The maximum Gasteiger partial charge on any atom is 0.174 e. The van der Waals surface area contributed by atoms with Crippen LogP contribution in [0.15, 0.2) is 0 Å². The van der Waals surface area contributed by atoms with E-state index in [4.69, 9.17) is 9.47 Å². The van der Waals surface area contributed by atoms with Gasteiger partial charge in [-0.3, -0.25) is 0 Å². The second-order valence-electron chi connectivity index (χ2n) is 4.83. The predicted octanol–water partition coefficient (Wildman–Crippen LogP) is 1.30. The SMILES string of the molecule is O[C@@H]1CCC[C@@H]2CCC3(OCCO3)[C@@H]21. The van der Waals surface area contributed by atoms with Crippen LogP contribution < -0.4 is 0 Å². The third kappa shape index (κ3) is 1.16. The lowest BCUT2D eigenvalue weighted by Gasteiger charge is -2.38. The summed E-state index contributed by atoms with van der Waals surface area (Å²) in [5.41, 5.74) is 0. The smallest absolute Gasteiger partial charge is 0.174 e. The average Bonchev–Trinajstić information content (AvgIpc) is 2.77. The molecule has 1 heterocycles. The van der Waals surface area contributed by atoms with E-state index in [0.717, 1.165) is 12.8 Å². The standard InChI is InChI=1S/C11H18O3/c12-9-3-1-2-8-4-5-11(10(8)9)13-6-7-14-11/h8-10,12H,1-7H2/t8-,9-,10+/m1/s1. The number of hydrogen-bond donors (Lipinski definition) is 1. The number of aliphatic hydroxyl groups excluding tert-OH is 1. The Labute approximate surface area is 84.4 Å². The minimum Gasteiger partial charge on any atom is -0.393 e. The first-order valence-corrected chi connectivity index (χ1v) is 5.78. The highest BCUT2D eigenvalue weighted by Gasteiger charge is 2.56. The van der Waals surface area contributed by atoms with Crippen LogP contribution in [0, 0.1) is 11.8 Å². The Morgan fingerprint density at radius 1 is 1.07 bits per heavy atom. The van der Waals surface area contributed by atoms with E-state index < -0.39 is 5.79 Å². The van der Waals surface area contributed by atoms with Crippen LogP contribution >= 0.6 is 0 Å². The monoisotopic (exact) mass is 198 g/mol. The molecule has 0 amide bonds. The largest absolute Gasteiger partial charge is 0.393 e. The zero-order valence-electron chi connectivity index (χ0n) is 8.45. The van der Waals surface area contributed by atoms with E-state index in [9.17, 15) is 5.11 Å². The summed E-state index contributed by atoms with van der Waals surface area (Å²) in [7, 11) is 0. The molecule has 3 heteroatoms. The lowest BCUT2D eigenvalue weighted by Crippen LogP contribution is -2.45. The van der Waals surface area contributed by atoms with Crippen molar-refractivity contribution in [2.24, 2.45) is 11.8 Å². The van der Waals surface area contributed by atoms with Gasteiger partial charge in [0.15, 0.2) is 5.79 Å². The topological polar surface area (TPSA) is 38.7 Å². The minimum atomic E-state index is -0.398. The highest BCUT2D eigenvalue weighted by Crippen LogP contribution is 2.51. The molecule has 0 radical (unpaired) electrons. The normalized spacial score (nSPS) is 45.6. The second kappa shape index (κ2) is 3.19. The van der Waals surface area contributed by atoms with Crippen molar-refractivity contribution >= 4 is 0 Å². The van der Waals surface area contributed by atoms with Crippen LogP contribution in [0.2, 0.25) is 0 Å². The Hall–Kier alpha value is -0.120. The Kier molecular flexibility index (Phi) is 2.08. The number of fused-ring (bicyclic) bond motifs is 2. The number of rotatable bonds is 0. The molecule has 0 aromatic heterocycles. The summed E-state index contributed by atoms with van der Waals surface area (Å²) >= 11 is 0. The van der Waals surface area contributed by atoms with E-state index in [1.807, 2.05) is 0 Å². The summed E-state index contributed by atoms with van der Waals surface area (Å²) in [5, 5.41) is 10.0. The van der Waals surface area contributed by atoms with Crippen molar-refractivity contribution in [2.75, 3.05) is 13.2 Å². The average molecular weight is 198 g/mol. The first-order chi connectivity index (χ1) is 6.82. The third-order valence-corrected chi connectivity index (χ3v) is 4.14. The van der Waals surface area contributed by atoms with Gasteiger partial charge in [0, 0.05) is 12.3 Å². The molecule has 2 saturated carbocycles. The molecule has 1 spiro atoms. The van der Waals surface area contributed by atoms with Crippen molar-refractivity contribution in [3.63, 3.8) is 0 Å². The Morgan fingerprint density at radius 2 is 1.86 bits per heavy atom. The number of aliphatic hydroxyl groups is 1. The summed E-state index contributed by atoms with van der Waals surface area (Å²) in [4.78, 5) is 0. The van der Waals surface area contributed by atoms with E-state index in [2.05, 4.69) is 0 Å². The molecule has 80 valence electrons. The van der Waals surface area contributed by atoms with Crippen LogP contribution in [-0.4, -0.2) is 30.2 Å². The molecule has 1 aliphatic heterocycles. The van der Waals surface area contributed by atoms with Crippen molar-refractivity contribution in [3.05, 3.63) is 0 Å². The van der Waals surface area contributed by atoms with Gasteiger partial charge in [-0.05, 0) is 25.2 Å². The molecule has 0 unspecified atom stereocenters. The molecular weight excluding hydrogens is 180 g/mol. The lowest BCUT2D eigenvalue weighted by molar-refractivity contribution is -0.212. The molecule has 3 fully saturated rings. The van der Waals surface area contributed by atoms with Gasteiger partial charge >= 0.3 is 0 Å². The first-order valence-electron chi connectivity index (χ1n) is 5.78. The summed E-state index contributed by atoms with van der Waals surface area (Å²) in [6.07, 6.45) is 5.29. The Balaban J connectivity index is 1.86. The van der Waals surface area contributed by atoms with Gasteiger partial charge in [-0.1, -0.05) is 6.42 Å². The molecule has 0 aromatic rings. The van der Waals surface area contributed by atoms with Crippen LogP contribution in [-0.2, 0) is 9.47 Å². The maximum absolute atomic E-state index is 10.0. The minimum absolute atomic E-state index is 0.200. The summed E-state index contributed by atoms with van der Waals surface area (Å²) in [6.45, 7) is 1.41. The molecule has 2 aliphatic carbocycles. The van der Waals surface area contributed by atoms with E-state index >= 15 is 0 Å². The Bertz CT molecular complexity index is 223. The summed E-state index contributed by atoms with van der Waals surface area (Å²) < 4.78 is 11.5. The van der Waals surface area contributed by atoms with Crippen molar-refractivity contribution in [2.45, 2.75) is 44.0 Å². The molecule has 3 rings (SSSR count). The van der Waals surface area contributed by atoms with E-state index in [1.165, 1.54) is 19.3 Å². The first kappa shape index (κ1) is 9.13. The summed E-state index contributed by atoms with van der Waals surface area (Å²) in [6, 6.07) is 0. The van der Waals surface area contributed by atoms with Crippen molar-refractivity contribution in [3.8, 4) is 0 Å². The van der Waals surface area contributed by atoms with Gasteiger partial charge in [0.05, 0.1) is 19.3 Å². The fourth-order valence-electron chi connectivity index (χ4n) is 3.60. The molecule has 0 bridgehead atoms. The molecule has 3 aliphatic rings. The Morgan fingerprint density at radius 3 is 2.64 bits per heavy atom. The molecule has 14 heavy (non-hydrogen) atoms. The number of hydrogen-bond acceptors (Lipinski definition) is 3. The van der Waals surface area contributed by atoms with Crippen LogP contribution in [0.3, 0.4) is 0 Å².